The Balaban J connectivity index is 2.73. The van der Waals surface area contributed by atoms with Crippen LogP contribution in [0.1, 0.15) is 40.0 Å². The molecule has 0 saturated carbocycles. The first kappa shape index (κ1) is 12.7. The molecule has 0 aromatic heterocycles. The second-order valence-electron chi connectivity index (χ2n) is 5.00. The van der Waals surface area contributed by atoms with Crippen molar-refractivity contribution in [1.29, 1.82) is 0 Å². The van der Waals surface area contributed by atoms with Gasteiger partial charge < -0.3 is 4.74 Å². The molecular weight excluding hydrogens is 191 g/mol. The van der Waals surface area contributed by atoms with E-state index in [1.165, 1.54) is 5.57 Å². The van der Waals surface area contributed by atoms with Crippen LogP contribution in [-0.4, -0.2) is 19.9 Å². The van der Waals surface area contributed by atoms with Crippen molar-refractivity contribution in [2.75, 3.05) is 13.7 Å². The van der Waals surface area contributed by atoms with Crippen LogP contribution in [0.15, 0.2) is 11.6 Å². The summed E-state index contributed by atoms with van der Waals surface area (Å²) in [5.74, 6) is 0.573. The molecule has 0 saturated heterocycles. The van der Waals surface area contributed by atoms with Gasteiger partial charge in [-0.05, 0) is 32.1 Å². The SMILES string of the molecule is CC[C@@H](F)C[C@]1(COC)C=C(C)[C@H](C)C1. The van der Waals surface area contributed by atoms with E-state index in [0.29, 0.717) is 25.4 Å². The average molecular weight is 214 g/mol. The van der Waals surface area contributed by atoms with E-state index in [2.05, 4.69) is 19.9 Å². The number of hydrogen-bond acceptors (Lipinski definition) is 1. The molecule has 0 heterocycles. The van der Waals surface area contributed by atoms with Gasteiger partial charge in [0.15, 0.2) is 0 Å². The lowest BCUT2D eigenvalue weighted by molar-refractivity contribution is 0.0778. The van der Waals surface area contributed by atoms with Gasteiger partial charge in [0, 0.05) is 12.5 Å². The summed E-state index contributed by atoms with van der Waals surface area (Å²) < 4.78 is 18.8. The number of methoxy groups -OCH3 is 1. The summed E-state index contributed by atoms with van der Waals surface area (Å²) in [7, 11) is 1.70. The fraction of sp³-hybridized carbons (Fsp3) is 0.846. The van der Waals surface area contributed by atoms with Crippen LogP contribution >= 0.6 is 0 Å². The summed E-state index contributed by atoms with van der Waals surface area (Å²) in [4.78, 5) is 0. The highest BCUT2D eigenvalue weighted by atomic mass is 19.1. The molecule has 0 bridgehead atoms. The van der Waals surface area contributed by atoms with Gasteiger partial charge in [-0.2, -0.15) is 0 Å². The Bertz CT molecular complexity index is 237. The summed E-state index contributed by atoms with van der Waals surface area (Å²) in [5, 5.41) is 0. The third kappa shape index (κ3) is 3.04. The summed E-state index contributed by atoms with van der Waals surface area (Å²) in [6.45, 7) is 6.90. The molecule has 0 aromatic carbocycles. The molecule has 88 valence electrons. The maximum atomic E-state index is 13.5. The number of alkyl halides is 1. The Labute approximate surface area is 92.7 Å². The summed E-state index contributed by atoms with van der Waals surface area (Å²) in [6.07, 6.45) is 3.79. The molecule has 0 aromatic rings. The van der Waals surface area contributed by atoms with Crippen molar-refractivity contribution in [2.24, 2.45) is 11.3 Å². The van der Waals surface area contributed by atoms with E-state index in [1.54, 1.807) is 7.11 Å². The third-order valence-corrected chi connectivity index (χ3v) is 3.53. The zero-order valence-electron chi connectivity index (χ0n) is 10.3. The van der Waals surface area contributed by atoms with Crippen LogP contribution in [-0.2, 0) is 4.74 Å². The average Bonchev–Trinajstić information content (AvgIpc) is 2.42. The van der Waals surface area contributed by atoms with Crippen LogP contribution in [0.2, 0.25) is 0 Å². The molecule has 0 radical (unpaired) electrons. The smallest absolute Gasteiger partial charge is 0.101 e. The molecule has 1 rings (SSSR count). The van der Waals surface area contributed by atoms with Gasteiger partial charge in [0.2, 0.25) is 0 Å². The van der Waals surface area contributed by atoms with Crippen LogP contribution in [0.3, 0.4) is 0 Å². The summed E-state index contributed by atoms with van der Waals surface area (Å²) >= 11 is 0. The van der Waals surface area contributed by atoms with Crippen molar-refractivity contribution >= 4 is 0 Å². The van der Waals surface area contributed by atoms with Gasteiger partial charge in [0.25, 0.3) is 0 Å². The van der Waals surface area contributed by atoms with Crippen molar-refractivity contribution in [3.05, 3.63) is 11.6 Å². The number of hydrogen-bond donors (Lipinski definition) is 0. The standard InChI is InChI=1S/C13H23FO/c1-5-12(14)8-13(9-15-4)6-10(2)11(3)7-13/h6,11-12H,5,7-9H2,1-4H3/t11-,12-,13+/m1/s1. The fourth-order valence-electron chi connectivity index (χ4n) is 2.63. The quantitative estimate of drug-likeness (QED) is 0.633. The first-order valence-electron chi connectivity index (χ1n) is 5.85. The van der Waals surface area contributed by atoms with E-state index >= 15 is 0 Å². The summed E-state index contributed by atoms with van der Waals surface area (Å²) in [5.41, 5.74) is 1.34. The molecule has 1 nitrogen and oxygen atoms in total. The number of ether oxygens (including phenoxy) is 1. The highest BCUT2D eigenvalue weighted by Gasteiger charge is 2.37. The number of allylic oxidation sites excluding steroid dienone is 1. The first-order valence-corrected chi connectivity index (χ1v) is 5.85. The maximum Gasteiger partial charge on any atom is 0.101 e. The van der Waals surface area contributed by atoms with E-state index < -0.39 is 6.17 Å². The molecule has 15 heavy (non-hydrogen) atoms. The lowest BCUT2D eigenvalue weighted by atomic mass is 9.81. The van der Waals surface area contributed by atoms with E-state index in [-0.39, 0.29) is 5.41 Å². The van der Waals surface area contributed by atoms with Crippen molar-refractivity contribution in [2.45, 2.75) is 46.2 Å². The second kappa shape index (κ2) is 5.11. The highest BCUT2D eigenvalue weighted by Crippen LogP contribution is 2.44. The number of rotatable bonds is 5. The van der Waals surface area contributed by atoms with Gasteiger partial charge in [0.05, 0.1) is 6.61 Å². The minimum atomic E-state index is -0.700. The van der Waals surface area contributed by atoms with E-state index in [0.717, 1.165) is 6.42 Å². The third-order valence-electron chi connectivity index (χ3n) is 3.53. The largest absolute Gasteiger partial charge is 0.384 e. The van der Waals surface area contributed by atoms with Crippen LogP contribution < -0.4 is 0 Å². The van der Waals surface area contributed by atoms with Gasteiger partial charge in [-0.1, -0.05) is 25.5 Å². The molecule has 0 N–H and O–H groups in total. The zero-order valence-corrected chi connectivity index (χ0v) is 10.3. The van der Waals surface area contributed by atoms with Crippen molar-refractivity contribution in [1.82, 2.24) is 0 Å². The van der Waals surface area contributed by atoms with Crippen molar-refractivity contribution in [3.8, 4) is 0 Å². The predicted molar refractivity (Wildman–Crippen MR) is 61.7 cm³/mol. The highest BCUT2D eigenvalue weighted by molar-refractivity contribution is 5.18. The van der Waals surface area contributed by atoms with Crippen molar-refractivity contribution in [3.63, 3.8) is 0 Å². The van der Waals surface area contributed by atoms with Crippen LogP contribution in [0.5, 0.6) is 0 Å². The molecule has 0 aliphatic heterocycles. The monoisotopic (exact) mass is 214 g/mol. The minimum Gasteiger partial charge on any atom is -0.384 e. The molecular formula is C13H23FO. The van der Waals surface area contributed by atoms with Crippen LogP contribution in [0.25, 0.3) is 0 Å². The van der Waals surface area contributed by atoms with Gasteiger partial charge in [0.1, 0.15) is 6.17 Å². The zero-order chi connectivity index (χ0) is 11.5. The molecule has 2 heteroatoms. The van der Waals surface area contributed by atoms with Crippen molar-refractivity contribution < 1.29 is 9.13 Å². The predicted octanol–water partition coefficient (Wildman–Crippen LogP) is 3.74. The molecule has 3 atom stereocenters. The van der Waals surface area contributed by atoms with Gasteiger partial charge in [-0.15, -0.1) is 0 Å². The Morgan fingerprint density at radius 1 is 1.67 bits per heavy atom. The van der Waals surface area contributed by atoms with Crippen LogP contribution in [0.4, 0.5) is 4.39 Å². The van der Waals surface area contributed by atoms with E-state index in [4.69, 9.17) is 4.74 Å². The molecule has 1 aliphatic carbocycles. The fourth-order valence-corrected chi connectivity index (χ4v) is 2.63. The Morgan fingerprint density at radius 2 is 2.33 bits per heavy atom. The van der Waals surface area contributed by atoms with Gasteiger partial charge >= 0.3 is 0 Å². The Hall–Kier alpha value is -0.370. The Morgan fingerprint density at radius 3 is 2.73 bits per heavy atom. The number of halogens is 1. The van der Waals surface area contributed by atoms with Gasteiger partial charge in [-0.25, -0.2) is 4.39 Å². The normalized spacial score (nSPS) is 32.9. The Kier molecular flexibility index (Phi) is 4.32. The maximum absolute atomic E-state index is 13.5. The lowest BCUT2D eigenvalue weighted by Gasteiger charge is -2.28. The van der Waals surface area contributed by atoms with E-state index in [1.807, 2.05) is 6.92 Å². The lowest BCUT2D eigenvalue weighted by Crippen LogP contribution is -2.26. The molecule has 0 amide bonds. The first-order chi connectivity index (χ1) is 7.03. The summed E-state index contributed by atoms with van der Waals surface area (Å²) in [6, 6.07) is 0. The second-order valence-corrected chi connectivity index (χ2v) is 5.00. The minimum absolute atomic E-state index is 0.0479. The topological polar surface area (TPSA) is 9.23 Å². The molecule has 1 aliphatic rings. The van der Waals surface area contributed by atoms with E-state index in [9.17, 15) is 4.39 Å². The van der Waals surface area contributed by atoms with Crippen LogP contribution in [0, 0.1) is 11.3 Å². The van der Waals surface area contributed by atoms with Gasteiger partial charge in [-0.3, -0.25) is 0 Å². The molecule has 0 unspecified atom stereocenters. The molecule has 0 spiro atoms. The molecule has 0 fully saturated rings.